The SMILES string of the molecule is Cc1cccc(NC(=O)C[NH+](C)CC(=O)N[C@@H](C)c2ccc(Cl)cc2Cl)c1C. The maximum Gasteiger partial charge on any atom is 0.279 e. The molecule has 2 aromatic rings. The summed E-state index contributed by atoms with van der Waals surface area (Å²) >= 11 is 12.1. The molecule has 0 fully saturated rings. The highest BCUT2D eigenvalue weighted by Crippen LogP contribution is 2.25. The Balaban J connectivity index is 1.86. The first-order valence-corrected chi connectivity index (χ1v) is 9.84. The van der Waals surface area contributed by atoms with Crippen LogP contribution in [0.15, 0.2) is 36.4 Å². The summed E-state index contributed by atoms with van der Waals surface area (Å²) in [6.45, 7) is 6.20. The van der Waals surface area contributed by atoms with Gasteiger partial charge >= 0.3 is 0 Å². The first kappa shape index (κ1) is 22.2. The molecular formula is C21H26Cl2N3O2+. The van der Waals surface area contributed by atoms with Crippen LogP contribution < -0.4 is 15.5 Å². The summed E-state index contributed by atoms with van der Waals surface area (Å²) in [7, 11) is 1.81. The van der Waals surface area contributed by atoms with Gasteiger partial charge in [-0.25, -0.2) is 0 Å². The standard InChI is InChI=1S/C21H25Cl2N3O2/c1-13-6-5-7-19(14(13)2)25-21(28)12-26(4)11-20(27)24-15(3)17-9-8-16(22)10-18(17)23/h5-10,15H,11-12H2,1-4H3,(H,24,27)(H,25,28)/p+1/t15-/m0/s1. The molecule has 0 aliphatic heterocycles. The van der Waals surface area contributed by atoms with Gasteiger partial charge in [-0.05, 0) is 55.7 Å². The highest BCUT2D eigenvalue weighted by molar-refractivity contribution is 6.35. The fourth-order valence-electron chi connectivity index (χ4n) is 2.91. The number of hydrogen-bond acceptors (Lipinski definition) is 2. The van der Waals surface area contributed by atoms with Crippen LogP contribution in [0.3, 0.4) is 0 Å². The highest BCUT2D eigenvalue weighted by Gasteiger charge is 2.18. The molecule has 0 spiro atoms. The quantitative estimate of drug-likeness (QED) is 0.642. The minimum atomic E-state index is -0.256. The average molecular weight is 423 g/mol. The summed E-state index contributed by atoms with van der Waals surface area (Å²) in [5, 5.41) is 6.88. The van der Waals surface area contributed by atoms with E-state index in [9.17, 15) is 9.59 Å². The third-order valence-corrected chi connectivity index (χ3v) is 5.17. The van der Waals surface area contributed by atoms with Gasteiger partial charge in [0.25, 0.3) is 11.8 Å². The summed E-state index contributed by atoms with van der Waals surface area (Å²) in [6, 6.07) is 10.7. The molecule has 2 atom stereocenters. The van der Waals surface area contributed by atoms with Crippen molar-refractivity contribution >= 4 is 40.7 Å². The lowest BCUT2D eigenvalue weighted by molar-refractivity contribution is -0.862. The number of carbonyl (C=O) groups is 2. The second-order valence-corrected chi connectivity index (χ2v) is 7.90. The van der Waals surface area contributed by atoms with E-state index in [1.54, 1.807) is 18.2 Å². The van der Waals surface area contributed by atoms with E-state index in [2.05, 4.69) is 10.6 Å². The van der Waals surface area contributed by atoms with Crippen LogP contribution in [0.2, 0.25) is 10.0 Å². The number of rotatable bonds is 7. The second kappa shape index (κ2) is 9.92. The Bertz CT molecular complexity index is 871. The van der Waals surface area contributed by atoms with Crippen molar-refractivity contribution in [3.63, 3.8) is 0 Å². The summed E-state index contributed by atoms with van der Waals surface area (Å²) in [5.74, 6) is -0.289. The van der Waals surface area contributed by atoms with Crippen molar-refractivity contribution < 1.29 is 14.5 Å². The van der Waals surface area contributed by atoms with Crippen molar-refractivity contribution in [1.82, 2.24) is 5.32 Å². The fourth-order valence-corrected chi connectivity index (χ4v) is 3.49. The van der Waals surface area contributed by atoms with Gasteiger partial charge in [-0.3, -0.25) is 9.59 Å². The molecule has 0 aliphatic rings. The van der Waals surface area contributed by atoms with E-state index >= 15 is 0 Å². The van der Waals surface area contributed by atoms with E-state index in [4.69, 9.17) is 23.2 Å². The van der Waals surface area contributed by atoms with Gasteiger partial charge in [-0.15, -0.1) is 0 Å². The van der Waals surface area contributed by atoms with Crippen LogP contribution in [0.5, 0.6) is 0 Å². The molecule has 2 amide bonds. The van der Waals surface area contributed by atoms with Crippen molar-refractivity contribution in [3.05, 3.63) is 63.1 Å². The molecule has 0 bridgehead atoms. The fraction of sp³-hybridized carbons (Fsp3) is 0.333. The molecule has 0 heterocycles. The first-order chi connectivity index (χ1) is 13.2. The van der Waals surface area contributed by atoms with Crippen LogP contribution in [0.4, 0.5) is 5.69 Å². The molecule has 28 heavy (non-hydrogen) atoms. The Morgan fingerprint density at radius 3 is 2.43 bits per heavy atom. The lowest BCUT2D eigenvalue weighted by Crippen LogP contribution is -3.11. The summed E-state index contributed by atoms with van der Waals surface area (Å²) < 4.78 is 0. The molecule has 2 aromatic carbocycles. The van der Waals surface area contributed by atoms with Crippen molar-refractivity contribution in [2.75, 3.05) is 25.5 Å². The van der Waals surface area contributed by atoms with Crippen LogP contribution in [0.25, 0.3) is 0 Å². The zero-order chi connectivity index (χ0) is 20.8. The molecule has 7 heteroatoms. The van der Waals surface area contributed by atoms with E-state index in [0.717, 1.165) is 27.3 Å². The molecule has 5 nitrogen and oxygen atoms in total. The largest absolute Gasteiger partial charge is 0.345 e. The molecule has 2 rings (SSSR count). The van der Waals surface area contributed by atoms with Crippen molar-refractivity contribution in [3.8, 4) is 0 Å². The molecule has 0 radical (unpaired) electrons. The number of halogens is 2. The minimum Gasteiger partial charge on any atom is -0.345 e. The molecule has 3 N–H and O–H groups in total. The molecule has 150 valence electrons. The van der Waals surface area contributed by atoms with Gasteiger partial charge in [-0.2, -0.15) is 0 Å². The Morgan fingerprint density at radius 2 is 1.75 bits per heavy atom. The zero-order valence-electron chi connectivity index (χ0n) is 16.5. The first-order valence-electron chi connectivity index (χ1n) is 9.09. The van der Waals surface area contributed by atoms with Crippen LogP contribution in [-0.2, 0) is 9.59 Å². The number of likely N-dealkylation sites (N-methyl/N-ethyl adjacent to an activating group) is 1. The van der Waals surface area contributed by atoms with E-state index in [1.165, 1.54) is 0 Å². The predicted octanol–water partition coefficient (Wildman–Crippen LogP) is 2.94. The molecule has 0 saturated carbocycles. The smallest absolute Gasteiger partial charge is 0.279 e. The van der Waals surface area contributed by atoms with Crippen LogP contribution in [0, 0.1) is 13.8 Å². The normalized spacial score (nSPS) is 12.9. The Morgan fingerprint density at radius 1 is 1.07 bits per heavy atom. The number of amides is 2. The maximum atomic E-state index is 12.3. The number of aryl methyl sites for hydroxylation is 1. The Hall–Kier alpha value is -2.08. The molecule has 0 aromatic heterocycles. The summed E-state index contributed by atoms with van der Waals surface area (Å²) in [6.07, 6.45) is 0. The lowest BCUT2D eigenvalue weighted by Gasteiger charge is -2.18. The molecular weight excluding hydrogens is 397 g/mol. The Kier molecular flexibility index (Phi) is 7.87. The highest BCUT2D eigenvalue weighted by atomic mass is 35.5. The van der Waals surface area contributed by atoms with Gasteiger partial charge in [-0.1, -0.05) is 41.4 Å². The van der Waals surface area contributed by atoms with E-state index < -0.39 is 0 Å². The minimum absolute atomic E-state index is 0.132. The Labute approximate surface area is 176 Å². The van der Waals surface area contributed by atoms with Crippen molar-refractivity contribution in [2.45, 2.75) is 26.8 Å². The third-order valence-electron chi connectivity index (χ3n) is 4.61. The van der Waals surface area contributed by atoms with Gasteiger partial charge < -0.3 is 15.5 Å². The van der Waals surface area contributed by atoms with Gasteiger partial charge in [0.2, 0.25) is 0 Å². The van der Waals surface area contributed by atoms with Crippen molar-refractivity contribution in [1.29, 1.82) is 0 Å². The van der Waals surface area contributed by atoms with Crippen molar-refractivity contribution in [2.24, 2.45) is 0 Å². The monoisotopic (exact) mass is 422 g/mol. The number of quaternary nitrogens is 1. The maximum absolute atomic E-state index is 12.3. The van der Waals surface area contributed by atoms with E-state index in [-0.39, 0.29) is 30.9 Å². The zero-order valence-corrected chi connectivity index (χ0v) is 18.0. The number of nitrogens with one attached hydrogen (secondary N) is 3. The number of benzene rings is 2. The van der Waals surface area contributed by atoms with Crippen LogP contribution in [0.1, 0.15) is 29.7 Å². The van der Waals surface area contributed by atoms with Gasteiger partial charge in [0.15, 0.2) is 13.1 Å². The van der Waals surface area contributed by atoms with Gasteiger partial charge in [0.05, 0.1) is 13.1 Å². The number of anilines is 1. The van der Waals surface area contributed by atoms with Gasteiger partial charge in [0.1, 0.15) is 0 Å². The van der Waals surface area contributed by atoms with E-state index in [1.807, 2.05) is 46.0 Å². The summed E-state index contributed by atoms with van der Waals surface area (Å²) in [5.41, 5.74) is 3.76. The molecule has 1 unspecified atom stereocenters. The number of hydrogen-bond donors (Lipinski definition) is 3. The number of carbonyl (C=O) groups excluding carboxylic acids is 2. The second-order valence-electron chi connectivity index (χ2n) is 7.06. The topological polar surface area (TPSA) is 62.6 Å². The van der Waals surface area contributed by atoms with Gasteiger partial charge in [0, 0.05) is 15.7 Å². The van der Waals surface area contributed by atoms with E-state index in [0.29, 0.717) is 10.0 Å². The van der Waals surface area contributed by atoms with Crippen LogP contribution in [-0.4, -0.2) is 32.0 Å². The lowest BCUT2D eigenvalue weighted by atomic mass is 10.1. The van der Waals surface area contributed by atoms with Crippen LogP contribution >= 0.6 is 23.2 Å². The predicted molar refractivity (Wildman–Crippen MR) is 114 cm³/mol. The molecule has 0 saturated heterocycles. The third kappa shape index (κ3) is 6.23. The molecule has 0 aliphatic carbocycles. The summed E-state index contributed by atoms with van der Waals surface area (Å²) in [4.78, 5) is 25.4. The average Bonchev–Trinajstić information content (AvgIpc) is 2.58.